The lowest BCUT2D eigenvalue weighted by Crippen LogP contribution is -2.36. The average molecular weight is 228 g/mol. The molecule has 0 atom stereocenters. The summed E-state index contributed by atoms with van der Waals surface area (Å²) in [7, 11) is 0. The molecule has 2 heterocycles. The van der Waals surface area contributed by atoms with Gasteiger partial charge in [-0.25, -0.2) is 9.78 Å². The van der Waals surface area contributed by atoms with Crippen molar-refractivity contribution < 1.29 is 9.90 Å². The summed E-state index contributed by atoms with van der Waals surface area (Å²) in [5.74, 6) is -0.985. The van der Waals surface area contributed by atoms with Crippen molar-refractivity contribution in [2.45, 2.75) is 6.42 Å². The van der Waals surface area contributed by atoms with Gasteiger partial charge in [-0.3, -0.25) is 0 Å². The summed E-state index contributed by atoms with van der Waals surface area (Å²) in [6.45, 7) is 2.15. The minimum absolute atomic E-state index is 0.0956. The second kappa shape index (κ2) is 3.73. The second-order valence-corrected chi connectivity index (χ2v) is 4.22. The first-order valence-electron chi connectivity index (χ1n) is 5.63. The van der Waals surface area contributed by atoms with Crippen LogP contribution >= 0.6 is 0 Å². The second-order valence-electron chi connectivity index (χ2n) is 4.22. The van der Waals surface area contributed by atoms with Crippen LogP contribution in [0.25, 0.3) is 10.9 Å². The molecule has 17 heavy (non-hydrogen) atoms. The van der Waals surface area contributed by atoms with Crippen LogP contribution in [0.3, 0.4) is 0 Å². The molecular formula is C13H12N2O2. The first-order chi connectivity index (χ1) is 8.24. The van der Waals surface area contributed by atoms with E-state index in [2.05, 4.69) is 16.0 Å². The van der Waals surface area contributed by atoms with E-state index in [4.69, 9.17) is 5.11 Å². The topological polar surface area (TPSA) is 53.4 Å². The number of nitrogens with zero attached hydrogens (tertiary/aromatic N) is 2. The molecule has 1 aliphatic rings. The molecule has 0 bridgehead atoms. The maximum Gasteiger partial charge on any atom is 0.354 e. The van der Waals surface area contributed by atoms with Crippen LogP contribution in [0, 0.1) is 0 Å². The summed E-state index contributed by atoms with van der Waals surface area (Å²) in [6.07, 6.45) is 1.22. The molecular weight excluding hydrogens is 216 g/mol. The van der Waals surface area contributed by atoms with Crippen LogP contribution in [-0.2, 0) is 0 Å². The molecule has 0 radical (unpaired) electrons. The Morgan fingerprint density at radius 3 is 2.65 bits per heavy atom. The van der Waals surface area contributed by atoms with Crippen molar-refractivity contribution in [1.82, 2.24) is 4.98 Å². The molecule has 0 amide bonds. The molecule has 0 aliphatic carbocycles. The van der Waals surface area contributed by atoms with Crippen molar-refractivity contribution in [1.29, 1.82) is 0 Å². The van der Waals surface area contributed by atoms with Crippen LogP contribution in [0.15, 0.2) is 30.3 Å². The van der Waals surface area contributed by atoms with Gasteiger partial charge < -0.3 is 10.0 Å². The largest absolute Gasteiger partial charge is 0.477 e. The first-order valence-corrected chi connectivity index (χ1v) is 5.63. The summed E-state index contributed by atoms with van der Waals surface area (Å²) in [6, 6.07) is 9.34. The van der Waals surface area contributed by atoms with Crippen LogP contribution in [0.2, 0.25) is 0 Å². The van der Waals surface area contributed by atoms with Crippen molar-refractivity contribution in [3.8, 4) is 0 Å². The molecule has 0 unspecified atom stereocenters. The van der Waals surface area contributed by atoms with E-state index in [1.165, 1.54) is 12.5 Å². The summed E-state index contributed by atoms with van der Waals surface area (Å²) < 4.78 is 0. The van der Waals surface area contributed by atoms with Gasteiger partial charge in [0.05, 0.1) is 5.52 Å². The Kier molecular flexibility index (Phi) is 2.21. The third kappa shape index (κ3) is 1.71. The van der Waals surface area contributed by atoms with Gasteiger partial charge in [0.25, 0.3) is 0 Å². The van der Waals surface area contributed by atoms with E-state index in [1.54, 1.807) is 6.07 Å². The molecule has 1 fully saturated rings. The Balaban J connectivity index is 2.09. The highest BCUT2D eigenvalue weighted by molar-refractivity contribution is 5.90. The van der Waals surface area contributed by atoms with Crippen molar-refractivity contribution >= 4 is 22.6 Å². The molecule has 4 nitrogen and oxygen atoms in total. The lowest BCUT2D eigenvalue weighted by atomic mass is 10.1. The number of hydrogen-bond acceptors (Lipinski definition) is 3. The van der Waals surface area contributed by atoms with E-state index in [0.717, 1.165) is 29.7 Å². The standard InChI is InChI=1S/C13H12N2O2/c16-13(17)11-5-3-9-2-4-10(8-12(9)14-11)15-6-1-7-15/h2-5,8H,1,6-7H2,(H,16,17). The van der Waals surface area contributed by atoms with Crippen molar-refractivity contribution in [3.05, 3.63) is 36.0 Å². The number of aromatic carboxylic acids is 1. The summed E-state index contributed by atoms with van der Waals surface area (Å²) in [5, 5.41) is 9.88. The molecule has 1 aromatic heterocycles. The van der Waals surface area contributed by atoms with Crippen LogP contribution in [0.4, 0.5) is 5.69 Å². The third-order valence-corrected chi connectivity index (χ3v) is 3.12. The zero-order valence-electron chi connectivity index (χ0n) is 9.26. The van der Waals surface area contributed by atoms with Crippen LogP contribution in [0.5, 0.6) is 0 Å². The zero-order valence-corrected chi connectivity index (χ0v) is 9.26. The first kappa shape index (κ1) is 10.1. The van der Waals surface area contributed by atoms with E-state index >= 15 is 0 Å². The van der Waals surface area contributed by atoms with Gasteiger partial charge in [0.2, 0.25) is 0 Å². The smallest absolute Gasteiger partial charge is 0.354 e. The number of anilines is 1. The SMILES string of the molecule is O=C(O)c1ccc2ccc(N3CCC3)cc2n1. The maximum absolute atomic E-state index is 10.9. The number of fused-ring (bicyclic) bond motifs is 1. The maximum atomic E-state index is 10.9. The predicted octanol–water partition coefficient (Wildman–Crippen LogP) is 2.14. The number of rotatable bonds is 2. The molecule has 0 saturated carbocycles. The average Bonchev–Trinajstić information content (AvgIpc) is 2.25. The van der Waals surface area contributed by atoms with Crippen LogP contribution in [0.1, 0.15) is 16.9 Å². The van der Waals surface area contributed by atoms with Crippen molar-refractivity contribution in [2.75, 3.05) is 18.0 Å². The molecule has 86 valence electrons. The Labute approximate surface area is 98.5 Å². The van der Waals surface area contributed by atoms with E-state index < -0.39 is 5.97 Å². The van der Waals surface area contributed by atoms with E-state index in [1.807, 2.05) is 12.1 Å². The Morgan fingerprint density at radius 2 is 2.00 bits per heavy atom. The number of carboxylic acids is 1. The molecule has 1 saturated heterocycles. The summed E-state index contributed by atoms with van der Waals surface area (Å²) in [5.41, 5.74) is 1.96. The highest BCUT2D eigenvalue weighted by Crippen LogP contribution is 2.24. The normalized spacial score (nSPS) is 14.7. The van der Waals surface area contributed by atoms with Crippen molar-refractivity contribution in [3.63, 3.8) is 0 Å². The van der Waals surface area contributed by atoms with Gasteiger partial charge in [-0.1, -0.05) is 12.1 Å². The number of benzene rings is 1. The third-order valence-electron chi connectivity index (χ3n) is 3.12. The van der Waals surface area contributed by atoms with Crippen LogP contribution in [-0.4, -0.2) is 29.1 Å². The molecule has 1 N–H and O–H groups in total. The van der Waals surface area contributed by atoms with Gasteiger partial charge in [0.1, 0.15) is 5.69 Å². The molecule has 2 aromatic rings. The molecule has 0 spiro atoms. The highest BCUT2D eigenvalue weighted by Gasteiger charge is 2.15. The van der Waals surface area contributed by atoms with Crippen LogP contribution < -0.4 is 4.90 Å². The van der Waals surface area contributed by atoms with Gasteiger partial charge in [-0.05, 0) is 24.6 Å². The van der Waals surface area contributed by atoms with Gasteiger partial charge in [0.15, 0.2) is 0 Å². The van der Waals surface area contributed by atoms with Gasteiger partial charge in [0, 0.05) is 24.2 Å². The fraction of sp³-hybridized carbons (Fsp3) is 0.231. The van der Waals surface area contributed by atoms with Gasteiger partial charge in [-0.2, -0.15) is 0 Å². The molecule has 4 heteroatoms. The minimum Gasteiger partial charge on any atom is -0.477 e. The number of aromatic nitrogens is 1. The summed E-state index contributed by atoms with van der Waals surface area (Å²) >= 11 is 0. The van der Waals surface area contributed by atoms with Gasteiger partial charge >= 0.3 is 5.97 Å². The lowest BCUT2D eigenvalue weighted by Gasteiger charge is -2.33. The number of carboxylic acid groups (broad SMARTS) is 1. The fourth-order valence-corrected chi connectivity index (χ4v) is 2.00. The number of hydrogen-bond donors (Lipinski definition) is 1. The number of carbonyl (C=O) groups is 1. The van der Waals surface area contributed by atoms with Gasteiger partial charge in [-0.15, -0.1) is 0 Å². The van der Waals surface area contributed by atoms with E-state index in [9.17, 15) is 4.79 Å². The monoisotopic (exact) mass is 228 g/mol. The van der Waals surface area contributed by atoms with E-state index in [0.29, 0.717) is 0 Å². The molecule has 1 aromatic carbocycles. The highest BCUT2D eigenvalue weighted by atomic mass is 16.4. The fourth-order valence-electron chi connectivity index (χ4n) is 2.00. The van der Waals surface area contributed by atoms with Crippen molar-refractivity contribution in [2.24, 2.45) is 0 Å². The Bertz CT molecular complexity index is 591. The predicted molar refractivity (Wildman–Crippen MR) is 65.5 cm³/mol. The molecule has 1 aliphatic heterocycles. The van der Waals surface area contributed by atoms with E-state index in [-0.39, 0.29) is 5.69 Å². The zero-order chi connectivity index (χ0) is 11.8. The quantitative estimate of drug-likeness (QED) is 0.855. The summed E-state index contributed by atoms with van der Waals surface area (Å²) in [4.78, 5) is 17.3. The molecule has 3 rings (SSSR count). The number of pyridine rings is 1. The lowest BCUT2D eigenvalue weighted by molar-refractivity contribution is 0.0691. The Morgan fingerprint density at radius 1 is 1.24 bits per heavy atom. The minimum atomic E-state index is -0.985. The Hall–Kier alpha value is -2.10.